The number of ether oxygens (including phenoxy) is 1. The molecule has 2 nitrogen and oxygen atoms in total. The second-order valence-electron chi connectivity index (χ2n) is 2.19. The number of methoxy groups -OCH3 is 1. The number of fused-ring (bicyclic) bond motifs is 1. The van der Waals surface area contributed by atoms with Gasteiger partial charge >= 0.3 is 74.7 Å². The molecule has 0 saturated heterocycles. The van der Waals surface area contributed by atoms with E-state index < -0.39 is 0 Å². The molecule has 0 radical (unpaired) electrons. The van der Waals surface area contributed by atoms with Crippen molar-refractivity contribution in [3.05, 3.63) is 24.3 Å². The van der Waals surface area contributed by atoms with Crippen LogP contribution < -0.4 is 4.74 Å². The van der Waals surface area contributed by atoms with Gasteiger partial charge in [0.05, 0.1) is 0 Å². The van der Waals surface area contributed by atoms with Crippen LogP contribution in [0.4, 0.5) is 0 Å². The van der Waals surface area contributed by atoms with Crippen molar-refractivity contribution in [1.82, 2.24) is 3.21 Å². The summed E-state index contributed by atoms with van der Waals surface area (Å²) in [7, 11) is 1.67. The molecule has 0 bridgehead atoms. The van der Waals surface area contributed by atoms with Crippen molar-refractivity contribution in [2.75, 3.05) is 7.11 Å². The standard InChI is InChI=1S/C8H7NOTe/c1-10-8-6-4-2-3-5-7(6)11-9-8/h2-5H,1H3. The molecule has 0 fully saturated rings. The van der Waals surface area contributed by atoms with E-state index in [1.54, 1.807) is 7.11 Å². The first-order valence-corrected chi connectivity index (χ1v) is 5.51. The predicted molar refractivity (Wildman–Crippen MR) is 45.2 cm³/mol. The summed E-state index contributed by atoms with van der Waals surface area (Å²) in [5.74, 6) is 0.822. The zero-order valence-electron chi connectivity index (χ0n) is 6.07. The molecule has 1 heterocycles. The van der Waals surface area contributed by atoms with Crippen LogP contribution in [0.3, 0.4) is 0 Å². The first kappa shape index (κ1) is 7.15. The van der Waals surface area contributed by atoms with Crippen LogP contribution >= 0.6 is 0 Å². The minimum atomic E-state index is -0.329. The molecule has 0 N–H and O–H groups in total. The number of hydrogen-bond acceptors (Lipinski definition) is 2. The van der Waals surface area contributed by atoms with Crippen molar-refractivity contribution >= 4 is 29.5 Å². The quantitative estimate of drug-likeness (QED) is 0.721. The van der Waals surface area contributed by atoms with Crippen molar-refractivity contribution < 1.29 is 4.74 Å². The normalized spacial score (nSPS) is 10.3. The molecule has 0 saturated carbocycles. The zero-order chi connectivity index (χ0) is 7.68. The molecule has 2 rings (SSSR count). The van der Waals surface area contributed by atoms with Crippen molar-refractivity contribution in [2.24, 2.45) is 0 Å². The second-order valence-corrected chi connectivity index (χ2v) is 4.49. The fourth-order valence-electron chi connectivity index (χ4n) is 1.01. The third-order valence-electron chi connectivity index (χ3n) is 1.54. The van der Waals surface area contributed by atoms with E-state index in [-0.39, 0.29) is 20.7 Å². The van der Waals surface area contributed by atoms with Crippen molar-refractivity contribution in [2.45, 2.75) is 0 Å². The van der Waals surface area contributed by atoms with Gasteiger partial charge in [0, 0.05) is 0 Å². The molecule has 56 valence electrons. The van der Waals surface area contributed by atoms with Gasteiger partial charge in [0.1, 0.15) is 0 Å². The fourth-order valence-corrected chi connectivity index (χ4v) is 3.14. The van der Waals surface area contributed by atoms with Crippen molar-refractivity contribution in [3.63, 3.8) is 0 Å². The van der Waals surface area contributed by atoms with E-state index in [0.717, 1.165) is 5.88 Å². The minimum absolute atomic E-state index is 0.329. The number of rotatable bonds is 1. The Hall–Kier alpha value is -0.520. The van der Waals surface area contributed by atoms with Crippen molar-refractivity contribution in [1.29, 1.82) is 0 Å². The van der Waals surface area contributed by atoms with E-state index in [2.05, 4.69) is 21.4 Å². The van der Waals surface area contributed by atoms with E-state index >= 15 is 0 Å². The molecule has 0 atom stereocenters. The van der Waals surface area contributed by atoms with Crippen LogP contribution in [0.5, 0.6) is 5.88 Å². The van der Waals surface area contributed by atoms with Gasteiger partial charge in [0.2, 0.25) is 0 Å². The predicted octanol–water partition coefficient (Wildman–Crippen LogP) is 1.30. The van der Waals surface area contributed by atoms with Crippen LogP contribution in [0, 0.1) is 0 Å². The van der Waals surface area contributed by atoms with E-state index in [0.29, 0.717) is 0 Å². The fraction of sp³-hybridized carbons (Fsp3) is 0.125. The van der Waals surface area contributed by atoms with E-state index in [1.165, 1.54) is 8.79 Å². The van der Waals surface area contributed by atoms with E-state index in [1.807, 2.05) is 6.07 Å². The summed E-state index contributed by atoms with van der Waals surface area (Å²) < 4.78 is 10.9. The molecule has 2 aromatic rings. The topological polar surface area (TPSA) is 22.1 Å². The SMILES string of the molecule is COc1n[te]c2ccccc12. The van der Waals surface area contributed by atoms with Crippen LogP contribution in [-0.4, -0.2) is 31.0 Å². The molecule has 0 amide bonds. The van der Waals surface area contributed by atoms with Gasteiger partial charge in [-0.25, -0.2) is 0 Å². The first-order chi connectivity index (χ1) is 5.42. The summed E-state index contributed by atoms with van der Waals surface area (Å²) in [6, 6.07) is 8.27. The van der Waals surface area contributed by atoms with Gasteiger partial charge < -0.3 is 0 Å². The van der Waals surface area contributed by atoms with Crippen LogP contribution in [0.15, 0.2) is 24.3 Å². The Morgan fingerprint density at radius 3 is 3.00 bits per heavy atom. The van der Waals surface area contributed by atoms with Gasteiger partial charge in [-0.1, -0.05) is 0 Å². The molecule has 0 aliphatic heterocycles. The Morgan fingerprint density at radius 2 is 2.18 bits per heavy atom. The molecule has 1 aromatic heterocycles. The number of aromatic nitrogens is 1. The molecule has 0 aliphatic carbocycles. The molecule has 0 spiro atoms. The van der Waals surface area contributed by atoms with E-state index in [9.17, 15) is 0 Å². The summed E-state index contributed by atoms with van der Waals surface area (Å²) in [6.45, 7) is 0. The first-order valence-electron chi connectivity index (χ1n) is 3.30. The third kappa shape index (κ3) is 1.15. The second kappa shape index (κ2) is 2.84. The Balaban J connectivity index is 2.76. The average Bonchev–Trinajstić information content (AvgIpc) is 2.47. The van der Waals surface area contributed by atoms with Crippen LogP contribution in [-0.2, 0) is 0 Å². The van der Waals surface area contributed by atoms with Gasteiger partial charge in [-0.05, 0) is 0 Å². The van der Waals surface area contributed by atoms with Crippen molar-refractivity contribution in [3.8, 4) is 5.88 Å². The summed E-state index contributed by atoms with van der Waals surface area (Å²) in [6.07, 6.45) is 0. The maximum absolute atomic E-state index is 5.12. The Kier molecular flexibility index (Phi) is 1.85. The maximum atomic E-state index is 5.12. The summed E-state index contributed by atoms with van der Waals surface area (Å²) in [5.41, 5.74) is 0. The Morgan fingerprint density at radius 1 is 1.36 bits per heavy atom. The molecule has 3 heteroatoms. The molecular formula is C8H7NOTe. The summed E-state index contributed by atoms with van der Waals surface area (Å²) >= 11 is -0.329. The van der Waals surface area contributed by atoms with Gasteiger partial charge in [0.25, 0.3) is 0 Å². The molecule has 11 heavy (non-hydrogen) atoms. The molecule has 0 unspecified atom stereocenters. The van der Waals surface area contributed by atoms with Gasteiger partial charge in [0.15, 0.2) is 0 Å². The Labute approximate surface area is 74.8 Å². The van der Waals surface area contributed by atoms with Crippen LogP contribution in [0.1, 0.15) is 0 Å². The Bertz CT molecular complexity index is 369. The zero-order valence-corrected chi connectivity index (χ0v) is 8.40. The number of nitrogens with zero attached hydrogens (tertiary/aromatic N) is 1. The van der Waals surface area contributed by atoms with Gasteiger partial charge in [-0.3, -0.25) is 0 Å². The number of benzene rings is 1. The van der Waals surface area contributed by atoms with Gasteiger partial charge in [-0.2, -0.15) is 0 Å². The van der Waals surface area contributed by atoms with Crippen LogP contribution in [0.2, 0.25) is 0 Å². The third-order valence-corrected chi connectivity index (χ3v) is 3.85. The molecular weight excluding hydrogens is 254 g/mol. The molecule has 0 aliphatic rings. The van der Waals surface area contributed by atoms with Gasteiger partial charge in [-0.15, -0.1) is 0 Å². The molecule has 1 aromatic carbocycles. The van der Waals surface area contributed by atoms with Crippen LogP contribution in [0.25, 0.3) is 8.79 Å². The summed E-state index contributed by atoms with van der Waals surface area (Å²) in [4.78, 5) is 0. The average molecular weight is 261 g/mol. The van der Waals surface area contributed by atoms with E-state index in [4.69, 9.17) is 4.74 Å². The monoisotopic (exact) mass is 263 g/mol. The number of hydrogen-bond donors (Lipinski definition) is 0. The summed E-state index contributed by atoms with van der Waals surface area (Å²) in [5, 5.41) is 1.19.